The maximum Gasteiger partial charge on any atom is 0.293 e. The summed E-state index contributed by atoms with van der Waals surface area (Å²) in [6.07, 6.45) is 4.33. The van der Waals surface area contributed by atoms with Gasteiger partial charge in [-0.05, 0) is 37.2 Å². The van der Waals surface area contributed by atoms with Crippen LogP contribution in [-0.4, -0.2) is 26.7 Å². The summed E-state index contributed by atoms with van der Waals surface area (Å²) >= 11 is 0.976. The Bertz CT molecular complexity index is 891. The lowest BCUT2D eigenvalue weighted by Gasteiger charge is -2.19. The van der Waals surface area contributed by atoms with Gasteiger partial charge < -0.3 is 4.57 Å². The number of imide groups is 1. The minimum atomic E-state index is -0.239. The summed E-state index contributed by atoms with van der Waals surface area (Å²) in [7, 11) is 0. The van der Waals surface area contributed by atoms with Crippen LogP contribution >= 0.6 is 11.8 Å². The van der Waals surface area contributed by atoms with E-state index in [2.05, 4.69) is 6.07 Å². The number of hydrogen-bond donors (Lipinski definition) is 0. The fraction of sp³-hybridized carbons (Fsp3) is 0.278. The third kappa shape index (κ3) is 2.72. The molecule has 0 saturated carbocycles. The predicted octanol–water partition coefficient (Wildman–Crippen LogP) is 4.00. The highest BCUT2D eigenvalue weighted by Crippen LogP contribution is 2.35. The van der Waals surface area contributed by atoms with E-state index in [1.165, 1.54) is 4.90 Å². The highest BCUT2D eigenvalue weighted by Gasteiger charge is 2.37. The van der Waals surface area contributed by atoms with Gasteiger partial charge in [0.05, 0.1) is 11.0 Å². The Kier molecular flexibility index (Phi) is 4.45. The van der Waals surface area contributed by atoms with E-state index in [0.717, 1.165) is 34.6 Å². The first-order chi connectivity index (χ1) is 11.6. The molecule has 1 atom stereocenters. The van der Waals surface area contributed by atoms with Crippen LogP contribution < -0.4 is 0 Å². The number of para-hydroxylation sites is 1. The molecule has 0 bridgehead atoms. The van der Waals surface area contributed by atoms with Gasteiger partial charge in [-0.25, -0.2) is 0 Å². The number of fused-ring (bicyclic) bond motifs is 1. The number of hydrogen-bond acceptors (Lipinski definition) is 4. The Balaban J connectivity index is 2.04. The van der Waals surface area contributed by atoms with Crippen LogP contribution in [0.3, 0.4) is 0 Å². The van der Waals surface area contributed by atoms with Crippen molar-refractivity contribution in [3.63, 3.8) is 0 Å². The van der Waals surface area contributed by atoms with Crippen molar-refractivity contribution >= 4 is 39.9 Å². The van der Waals surface area contributed by atoms with Gasteiger partial charge in [-0.3, -0.25) is 14.5 Å². The fourth-order valence-corrected chi connectivity index (χ4v) is 3.70. The quantitative estimate of drug-likeness (QED) is 0.790. The van der Waals surface area contributed by atoms with Crippen molar-refractivity contribution in [2.24, 2.45) is 0 Å². The van der Waals surface area contributed by atoms with Crippen molar-refractivity contribution in [3.8, 4) is 6.07 Å². The summed E-state index contributed by atoms with van der Waals surface area (Å²) in [5, 5.41) is 9.72. The lowest BCUT2D eigenvalue weighted by Crippen LogP contribution is -2.36. The molecule has 1 aliphatic rings. The summed E-state index contributed by atoms with van der Waals surface area (Å²) in [6, 6.07) is 9.75. The zero-order valence-corrected chi connectivity index (χ0v) is 14.3. The minimum Gasteiger partial charge on any atom is -0.333 e. The van der Waals surface area contributed by atoms with Crippen LogP contribution in [0.4, 0.5) is 4.79 Å². The third-order valence-corrected chi connectivity index (χ3v) is 5.09. The molecule has 0 aliphatic carbocycles. The van der Waals surface area contributed by atoms with Crippen LogP contribution in [0.15, 0.2) is 35.4 Å². The molecule has 2 aromatic rings. The van der Waals surface area contributed by atoms with E-state index >= 15 is 0 Å². The lowest BCUT2D eigenvalue weighted by atomic mass is 10.1. The van der Waals surface area contributed by atoms with Gasteiger partial charge in [-0.15, -0.1) is 0 Å². The molecule has 6 heteroatoms. The molecule has 5 nitrogen and oxygen atoms in total. The molecule has 1 saturated heterocycles. The Morgan fingerprint density at radius 3 is 2.79 bits per heavy atom. The molecule has 1 fully saturated rings. The van der Waals surface area contributed by atoms with Gasteiger partial charge >= 0.3 is 0 Å². The number of amides is 2. The molecule has 1 aromatic heterocycles. The van der Waals surface area contributed by atoms with Crippen molar-refractivity contribution in [1.29, 1.82) is 5.26 Å². The SMILES string of the molecule is CC[C@@H](C)N1C(=O)S/C(=C/c2cn(CC#N)c3ccccc23)C1=O. The normalized spacial score (nSPS) is 17.7. The van der Waals surface area contributed by atoms with Crippen molar-refractivity contribution in [3.05, 3.63) is 40.9 Å². The minimum absolute atomic E-state index is 0.108. The topological polar surface area (TPSA) is 66.1 Å². The Morgan fingerprint density at radius 2 is 2.08 bits per heavy atom. The molecule has 1 aliphatic heterocycles. The van der Waals surface area contributed by atoms with Crippen LogP contribution in [0.25, 0.3) is 17.0 Å². The smallest absolute Gasteiger partial charge is 0.293 e. The van der Waals surface area contributed by atoms with Gasteiger partial charge in [0.2, 0.25) is 0 Å². The zero-order valence-electron chi connectivity index (χ0n) is 13.5. The largest absolute Gasteiger partial charge is 0.333 e. The number of rotatable bonds is 4. The van der Waals surface area contributed by atoms with Crippen molar-refractivity contribution in [2.75, 3.05) is 0 Å². The van der Waals surface area contributed by atoms with Gasteiger partial charge in [0.15, 0.2) is 0 Å². The van der Waals surface area contributed by atoms with E-state index in [1.54, 1.807) is 6.08 Å². The molecular formula is C18H17N3O2S. The average molecular weight is 339 g/mol. The number of nitrogens with zero attached hydrogens (tertiary/aromatic N) is 3. The maximum atomic E-state index is 12.5. The van der Waals surface area contributed by atoms with E-state index < -0.39 is 0 Å². The van der Waals surface area contributed by atoms with Gasteiger partial charge in [-0.2, -0.15) is 5.26 Å². The summed E-state index contributed by atoms with van der Waals surface area (Å²) < 4.78 is 1.85. The molecule has 24 heavy (non-hydrogen) atoms. The number of carbonyl (C=O) groups is 2. The third-order valence-electron chi connectivity index (χ3n) is 4.20. The van der Waals surface area contributed by atoms with Crippen molar-refractivity contribution < 1.29 is 9.59 Å². The molecule has 0 spiro atoms. The van der Waals surface area contributed by atoms with Crippen LogP contribution in [0.1, 0.15) is 25.8 Å². The van der Waals surface area contributed by atoms with Gasteiger partial charge in [0.1, 0.15) is 6.54 Å². The fourth-order valence-electron chi connectivity index (χ4n) is 2.78. The van der Waals surface area contributed by atoms with E-state index in [4.69, 9.17) is 5.26 Å². The first-order valence-corrected chi connectivity index (χ1v) is 8.60. The first-order valence-electron chi connectivity index (χ1n) is 7.78. The second-order valence-electron chi connectivity index (χ2n) is 5.70. The Morgan fingerprint density at radius 1 is 1.33 bits per heavy atom. The highest BCUT2D eigenvalue weighted by atomic mass is 32.2. The van der Waals surface area contributed by atoms with Crippen LogP contribution in [0.5, 0.6) is 0 Å². The van der Waals surface area contributed by atoms with Crippen molar-refractivity contribution in [1.82, 2.24) is 9.47 Å². The van der Waals surface area contributed by atoms with Crippen LogP contribution in [0, 0.1) is 11.3 Å². The summed E-state index contributed by atoms with van der Waals surface area (Å²) in [5.74, 6) is -0.239. The second-order valence-corrected chi connectivity index (χ2v) is 6.69. The number of thioether (sulfide) groups is 1. The molecular weight excluding hydrogens is 322 g/mol. The van der Waals surface area contributed by atoms with Crippen LogP contribution in [-0.2, 0) is 11.3 Å². The van der Waals surface area contributed by atoms with E-state index in [-0.39, 0.29) is 23.7 Å². The van der Waals surface area contributed by atoms with Gasteiger partial charge in [0, 0.05) is 28.7 Å². The number of benzene rings is 1. The number of aromatic nitrogens is 1. The average Bonchev–Trinajstić information content (AvgIpc) is 3.06. The maximum absolute atomic E-state index is 12.5. The Labute approximate surface area is 144 Å². The summed E-state index contributed by atoms with van der Waals surface area (Å²) in [5.41, 5.74) is 1.78. The van der Waals surface area contributed by atoms with Gasteiger partial charge in [0.25, 0.3) is 11.1 Å². The molecule has 2 heterocycles. The summed E-state index contributed by atoms with van der Waals surface area (Å²) in [4.78, 5) is 26.4. The standard InChI is InChI=1S/C18H17N3O2S/c1-3-12(2)21-17(22)16(24-18(21)23)10-13-11-20(9-8-19)15-7-5-4-6-14(13)15/h4-7,10-12H,3,9H2,1-2H3/b16-10+/t12-/m1/s1. The molecule has 2 amide bonds. The monoisotopic (exact) mass is 339 g/mol. The molecule has 1 aromatic carbocycles. The number of nitriles is 1. The van der Waals surface area contributed by atoms with Gasteiger partial charge in [-0.1, -0.05) is 25.1 Å². The molecule has 0 unspecified atom stereocenters. The molecule has 122 valence electrons. The van der Waals surface area contributed by atoms with Crippen molar-refractivity contribution in [2.45, 2.75) is 32.9 Å². The van der Waals surface area contributed by atoms with Crippen LogP contribution in [0.2, 0.25) is 0 Å². The lowest BCUT2D eigenvalue weighted by molar-refractivity contribution is -0.124. The number of carbonyl (C=O) groups excluding carboxylic acids is 2. The molecule has 0 radical (unpaired) electrons. The zero-order chi connectivity index (χ0) is 17.3. The summed E-state index contributed by atoms with van der Waals surface area (Å²) in [6.45, 7) is 4.06. The van der Waals surface area contributed by atoms with E-state index in [1.807, 2.05) is 48.9 Å². The van der Waals surface area contributed by atoms with E-state index in [0.29, 0.717) is 4.91 Å². The second kappa shape index (κ2) is 6.54. The Hall–Kier alpha value is -2.52. The predicted molar refractivity (Wildman–Crippen MR) is 95.1 cm³/mol. The van der Waals surface area contributed by atoms with E-state index in [9.17, 15) is 9.59 Å². The highest BCUT2D eigenvalue weighted by molar-refractivity contribution is 8.18. The molecule has 3 rings (SSSR count). The molecule has 0 N–H and O–H groups in total. The first kappa shape index (κ1) is 16.3.